The van der Waals surface area contributed by atoms with E-state index < -0.39 is 0 Å². The quantitative estimate of drug-likeness (QED) is 0.754. The number of aromatic nitrogens is 2. The molecule has 3 saturated heterocycles. The van der Waals surface area contributed by atoms with Crippen LogP contribution in [-0.4, -0.2) is 33.8 Å². The van der Waals surface area contributed by atoms with Crippen LogP contribution in [0.4, 0.5) is 5.82 Å². The number of nitrogens with zero attached hydrogens (tertiary/aromatic N) is 3. The van der Waals surface area contributed by atoms with E-state index in [0.29, 0.717) is 22.4 Å². The van der Waals surface area contributed by atoms with E-state index in [2.05, 4.69) is 5.10 Å². The molecule has 3 fully saturated rings. The number of anilines is 1. The second-order valence-corrected chi connectivity index (χ2v) is 7.74. The van der Waals surface area contributed by atoms with Crippen LogP contribution in [0.5, 0.6) is 0 Å². The van der Waals surface area contributed by atoms with Gasteiger partial charge >= 0.3 is 0 Å². The number of imide groups is 1. The van der Waals surface area contributed by atoms with Gasteiger partial charge in [0.15, 0.2) is 5.82 Å². The molecule has 0 aliphatic carbocycles. The maximum absolute atomic E-state index is 12.8. The summed E-state index contributed by atoms with van der Waals surface area (Å²) in [6.45, 7) is 0.357. The lowest BCUT2D eigenvalue weighted by Gasteiger charge is -2.15. The number of fused-ring (bicyclic) bond motifs is 5. The number of amides is 2. The van der Waals surface area contributed by atoms with E-state index in [1.165, 1.54) is 4.90 Å². The molecule has 0 N–H and O–H groups in total. The molecule has 3 aliphatic rings. The van der Waals surface area contributed by atoms with Gasteiger partial charge in [0.25, 0.3) is 0 Å². The molecule has 5 rings (SSSR count). The van der Waals surface area contributed by atoms with Crippen molar-refractivity contribution in [2.45, 2.75) is 31.6 Å². The van der Waals surface area contributed by atoms with Crippen molar-refractivity contribution in [3.8, 4) is 0 Å². The van der Waals surface area contributed by atoms with Crippen LogP contribution in [0.1, 0.15) is 18.4 Å². The molecule has 2 bridgehead atoms. The standard InChI is InChI=1S/C18H15Cl2N3O3/c19-10-2-1-3-11(20)9(10)8-22-7-6-14(21-22)23-17(24)15-12-4-5-13(26-12)16(15)18(23)25/h1-3,6-7,12-13,15-16H,4-5,8H2/t12-,13-,15-,16+/m1/s1. The van der Waals surface area contributed by atoms with Gasteiger partial charge < -0.3 is 4.74 Å². The predicted octanol–water partition coefficient (Wildman–Crippen LogP) is 2.91. The minimum atomic E-state index is -0.357. The monoisotopic (exact) mass is 391 g/mol. The van der Waals surface area contributed by atoms with E-state index in [4.69, 9.17) is 27.9 Å². The molecule has 2 aromatic rings. The number of carbonyl (C=O) groups is 2. The SMILES string of the molecule is O=C1[C@@H]2[C@H](C(=O)N1c1ccn(Cc3c(Cl)cccc3Cl)n1)[C@H]1CC[C@H]2O1. The third kappa shape index (κ3) is 2.25. The van der Waals surface area contributed by atoms with Crippen molar-refractivity contribution in [1.82, 2.24) is 9.78 Å². The highest BCUT2D eigenvalue weighted by atomic mass is 35.5. The lowest BCUT2D eigenvalue weighted by atomic mass is 9.81. The molecular formula is C18H15Cl2N3O3. The Morgan fingerprint density at radius 2 is 1.65 bits per heavy atom. The third-order valence-corrected chi connectivity index (χ3v) is 6.23. The van der Waals surface area contributed by atoms with Gasteiger partial charge in [-0.2, -0.15) is 5.10 Å². The maximum Gasteiger partial charge on any atom is 0.241 e. The first kappa shape index (κ1) is 16.3. The van der Waals surface area contributed by atoms with Crippen LogP contribution < -0.4 is 4.90 Å². The van der Waals surface area contributed by atoms with Crippen molar-refractivity contribution >= 4 is 40.8 Å². The van der Waals surface area contributed by atoms with E-state index in [9.17, 15) is 9.59 Å². The van der Waals surface area contributed by atoms with Crippen molar-refractivity contribution in [2.24, 2.45) is 11.8 Å². The number of rotatable bonds is 3. The van der Waals surface area contributed by atoms with Crippen molar-refractivity contribution in [3.63, 3.8) is 0 Å². The van der Waals surface area contributed by atoms with Crippen LogP contribution in [0.15, 0.2) is 30.5 Å². The predicted molar refractivity (Wildman–Crippen MR) is 95.2 cm³/mol. The Kier molecular flexibility index (Phi) is 3.64. The summed E-state index contributed by atoms with van der Waals surface area (Å²) in [7, 11) is 0. The first-order valence-electron chi connectivity index (χ1n) is 8.54. The van der Waals surface area contributed by atoms with Gasteiger partial charge in [0.05, 0.1) is 30.6 Å². The summed E-state index contributed by atoms with van der Waals surface area (Å²) in [5, 5.41) is 5.51. The largest absolute Gasteiger partial charge is 0.373 e. The first-order chi connectivity index (χ1) is 12.5. The van der Waals surface area contributed by atoms with Gasteiger partial charge in [-0.1, -0.05) is 29.3 Å². The average Bonchev–Trinajstić information content (AvgIpc) is 3.36. The van der Waals surface area contributed by atoms with Gasteiger partial charge in [-0.25, -0.2) is 4.90 Å². The summed E-state index contributed by atoms with van der Waals surface area (Å²) >= 11 is 12.4. The fourth-order valence-electron chi connectivity index (χ4n) is 4.34. The molecule has 4 heterocycles. The summed E-state index contributed by atoms with van der Waals surface area (Å²) < 4.78 is 7.38. The molecule has 0 radical (unpaired) electrons. The maximum atomic E-state index is 12.8. The van der Waals surface area contributed by atoms with Crippen LogP contribution in [-0.2, 0) is 20.9 Å². The molecule has 26 heavy (non-hydrogen) atoms. The number of benzene rings is 1. The minimum absolute atomic E-state index is 0.129. The fraction of sp³-hybridized carbons (Fsp3) is 0.389. The van der Waals surface area contributed by atoms with Crippen molar-refractivity contribution in [1.29, 1.82) is 0 Å². The zero-order chi connectivity index (χ0) is 18.0. The molecular weight excluding hydrogens is 377 g/mol. The van der Waals surface area contributed by atoms with Gasteiger partial charge in [0.2, 0.25) is 11.8 Å². The Bertz CT molecular complexity index is 880. The molecule has 2 amide bonds. The van der Waals surface area contributed by atoms with E-state index in [-0.39, 0.29) is 35.9 Å². The Morgan fingerprint density at radius 1 is 1.04 bits per heavy atom. The van der Waals surface area contributed by atoms with Gasteiger partial charge in [-0.3, -0.25) is 14.3 Å². The topological polar surface area (TPSA) is 64.4 Å². The van der Waals surface area contributed by atoms with Gasteiger partial charge in [0, 0.05) is 27.9 Å². The Morgan fingerprint density at radius 3 is 2.27 bits per heavy atom. The highest BCUT2D eigenvalue weighted by Crippen LogP contribution is 2.49. The fourth-order valence-corrected chi connectivity index (χ4v) is 4.86. The van der Waals surface area contributed by atoms with E-state index in [0.717, 1.165) is 18.4 Å². The molecule has 0 spiro atoms. The summed E-state index contributed by atoms with van der Waals surface area (Å²) in [6.07, 6.45) is 3.15. The number of ether oxygens (including phenoxy) is 1. The van der Waals surface area contributed by atoms with Crippen molar-refractivity contribution < 1.29 is 14.3 Å². The van der Waals surface area contributed by atoms with Crippen molar-refractivity contribution in [3.05, 3.63) is 46.1 Å². The highest BCUT2D eigenvalue weighted by molar-refractivity contribution is 6.36. The van der Waals surface area contributed by atoms with E-state index >= 15 is 0 Å². The number of hydrogen-bond donors (Lipinski definition) is 0. The van der Waals surface area contributed by atoms with Gasteiger partial charge in [0.1, 0.15) is 0 Å². The van der Waals surface area contributed by atoms with E-state index in [1.54, 1.807) is 35.1 Å². The first-order valence-corrected chi connectivity index (χ1v) is 9.30. The zero-order valence-electron chi connectivity index (χ0n) is 13.6. The lowest BCUT2D eigenvalue weighted by molar-refractivity contribution is -0.124. The molecule has 134 valence electrons. The Labute approximate surface area is 159 Å². The Hall–Kier alpha value is -1.89. The van der Waals surface area contributed by atoms with Crippen molar-refractivity contribution in [2.75, 3.05) is 4.90 Å². The molecule has 8 heteroatoms. The van der Waals surface area contributed by atoms with Crippen LogP contribution >= 0.6 is 23.2 Å². The van der Waals surface area contributed by atoms with Crippen LogP contribution in [0.2, 0.25) is 10.0 Å². The minimum Gasteiger partial charge on any atom is -0.373 e. The summed E-state index contributed by atoms with van der Waals surface area (Å²) in [5.41, 5.74) is 0.743. The van der Waals surface area contributed by atoms with Crippen LogP contribution in [0, 0.1) is 11.8 Å². The average molecular weight is 392 g/mol. The normalized spacial score (nSPS) is 29.7. The second kappa shape index (κ2) is 5.81. The number of halogens is 2. The molecule has 3 aliphatic heterocycles. The van der Waals surface area contributed by atoms with Gasteiger partial charge in [-0.05, 0) is 25.0 Å². The molecule has 4 atom stereocenters. The lowest BCUT2D eigenvalue weighted by Crippen LogP contribution is -2.34. The smallest absolute Gasteiger partial charge is 0.241 e. The van der Waals surface area contributed by atoms with Gasteiger partial charge in [-0.15, -0.1) is 0 Å². The third-order valence-electron chi connectivity index (χ3n) is 5.52. The molecule has 1 aromatic carbocycles. The van der Waals surface area contributed by atoms with Crippen LogP contribution in [0.3, 0.4) is 0 Å². The summed E-state index contributed by atoms with van der Waals surface area (Å²) in [5.74, 6) is -0.771. The summed E-state index contributed by atoms with van der Waals surface area (Å²) in [6, 6.07) is 6.97. The Balaban J connectivity index is 1.42. The highest BCUT2D eigenvalue weighted by Gasteiger charge is 2.63. The number of hydrogen-bond acceptors (Lipinski definition) is 4. The molecule has 0 saturated carbocycles. The van der Waals surface area contributed by atoms with E-state index in [1.807, 2.05) is 0 Å². The molecule has 0 unspecified atom stereocenters. The van der Waals surface area contributed by atoms with Crippen LogP contribution in [0.25, 0.3) is 0 Å². The number of carbonyl (C=O) groups excluding carboxylic acids is 2. The molecule has 1 aromatic heterocycles. The second-order valence-electron chi connectivity index (χ2n) is 6.93. The molecule has 6 nitrogen and oxygen atoms in total. The summed E-state index contributed by atoms with van der Waals surface area (Å²) in [4.78, 5) is 26.8. The zero-order valence-corrected chi connectivity index (χ0v) is 15.2.